The fourth-order valence-corrected chi connectivity index (χ4v) is 4.91. The van der Waals surface area contributed by atoms with E-state index in [2.05, 4.69) is 45.5 Å². The van der Waals surface area contributed by atoms with E-state index in [0.29, 0.717) is 23.4 Å². The first-order valence-electron chi connectivity index (χ1n) is 11.5. The van der Waals surface area contributed by atoms with Crippen LogP contribution in [0.25, 0.3) is 0 Å². The van der Waals surface area contributed by atoms with Gasteiger partial charge in [-0.25, -0.2) is 0 Å². The number of hydrogen-bond acceptors (Lipinski definition) is 3. The number of carbonyl (C=O) groups excluding carboxylic acids is 2. The number of ether oxygens (including phenoxy) is 1. The van der Waals surface area contributed by atoms with E-state index < -0.39 is 5.91 Å². The monoisotopic (exact) mass is 522 g/mol. The summed E-state index contributed by atoms with van der Waals surface area (Å²) in [5.74, 6) is 0.146. The molecule has 0 spiro atoms. The smallest absolute Gasteiger partial charge is 0.255 e. The van der Waals surface area contributed by atoms with E-state index in [1.165, 1.54) is 24.8 Å². The summed E-state index contributed by atoms with van der Waals surface area (Å²) in [6.45, 7) is 0.674. The quantitative estimate of drug-likeness (QED) is 0.424. The van der Waals surface area contributed by atoms with Gasteiger partial charge in [0.25, 0.3) is 5.91 Å². The summed E-state index contributed by atoms with van der Waals surface area (Å²) < 4.78 is 6.05. The second kappa shape index (κ2) is 12.4. The fourth-order valence-electron chi connectivity index (χ4n) is 4.43. The minimum atomic E-state index is -0.410. The topological polar surface area (TPSA) is 81.4 Å². The van der Waals surface area contributed by atoms with Crippen molar-refractivity contribution in [1.82, 2.24) is 5.32 Å². The highest BCUT2D eigenvalue weighted by atomic mass is 79.9. The molecule has 0 heterocycles. The predicted octanol–water partition coefficient (Wildman–Crippen LogP) is 5.88. The van der Waals surface area contributed by atoms with Gasteiger partial charge in [0.15, 0.2) is 0 Å². The van der Waals surface area contributed by atoms with E-state index in [1.54, 1.807) is 25.3 Å². The standard InChI is InChI=1S/C21H25NO2.C7H6BrNO/c1-24-19-13-7-6-12-18(19)20(23)22-16-21(14-8-3-9-15-21)17-10-4-2-5-11-17;8-6-4-2-1-3-5(6)7(9)10/h2,4-7,10-13H,3,8-9,14-16H2,1H3,(H,22,23);1-4H,(H2,9,10). The van der Waals surface area contributed by atoms with Crippen LogP contribution in [0.15, 0.2) is 83.3 Å². The Labute approximate surface area is 209 Å². The maximum Gasteiger partial charge on any atom is 0.255 e. The van der Waals surface area contributed by atoms with Gasteiger partial charge in [-0.1, -0.05) is 73.9 Å². The van der Waals surface area contributed by atoms with Gasteiger partial charge >= 0.3 is 0 Å². The van der Waals surface area contributed by atoms with E-state index in [0.717, 1.165) is 17.3 Å². The van der Waals surface area contributed by atoms with Crippen LogP contribution in [0.5, 0.6) is 5.75 Å². The molecule has 2 amide bonds. The summed E-state index contributed by atoms with van der Waals surface area (Å²) in [7, 11) is 1.60. The zero-order chi connectivity index (χ0) is 24.4. The first-order valence-corrected chi connectivity index (χ1v) is 12.3. The van der Waals surface area contributed by atoms with Gasteiger partial charge in [-0.05, 0) is 58.6 Å². The van der Waals surface area contributed by atoms with E-state index in [1.807, 2.05) is 36.4 Å². The molecule has 6 heteroatoms. The minimum absolute atomic E-state index is 0.0528. The molecular weight excluding hydrogens is 492 g/mol. The van der Waals surface area contributed by atoms with E-state index in [-0.39, 0.29) is 11.3 Å². The first-order chi connectivity index (χ1) is 16.5. The number of para-hydroxylation sites is 1. The molecular formula is C28H31BrN2O3. The lowest BCUT2D eigenvalue weighted by atomic mass is 9.69. The fraction of sp³-hybridized carbons (Fsp3) is 0.286. The Bertz CT molecular complexity index is 1100. The Kier molecular flexibility index (Phi) is 9.28. The van der Waals surface area contributed by atoms with Crippen LogP contribution in [0.1, 0.15) is 58.4 Å². The van der Waals surface area contributed by atoms with Crippen LogP contribution in [0.4, 0.5) is 0 Å². The summed E-state index contributed by atoms with van der Waals surface area (Å²) >= 11 is 3.20. The number of halogens is 1. The van der Waals surface area contributed by atoms with Crippen LogP contribution < -0.4 is 15.8 Å². The number of hydrogen-bond donors (Lipinski definition) is 2. The largest absolute Gasteiger partial charge is 0.496 e. The second-order valence-electron chi connectivity index (χ2n) is 8.43. The van der Waals surface area contributed by atoms with Gasteiger partial charge in [-0.15, -0.1) is 0 Å². The van der Waals surface area contributed by atoms with Crippen molar-refractivity contribution in [2.75, 3.05) is 13.7 Å². The summed E-state index contributed by atoms with van der Waals surface area (Å²) in [6, 6.07) is 25.0. The first kappa shape index (κ1) is 25.5. The van der Waals surface area contributed by atoms with E-state index >= 15 is 0 Å². The number of benzene rings is 3. The SMILES string of the molecule is COc1ccccc1C(=O)NCC1(c2ccccc2)CCCCC1.NC(=O)c1ccccc1Br. The molecule has 0 atom stereocenters. The molecule has 5 nitrogen and oxygen atoms in total. The maximum absolute atomic E-state index is 12.6. The molecule has 34 heavy (non-hydrogen) atoms. The lowest BCUT2D eigenvalue weighted by Gasteiger charge is -2.38. The van der Waals surface area contributed by atoms with E-state index in [9.17, 15) is 9.59 Å². The van der Waals surface area contributed by atoms with Crippen molar-refractivity contribution in [3.05, 3.63) is 100 Å². The Morgan fingerprint density at radius 2 is 1.47 bits per heavy atom. The molecule has 0 saturated heterocycles. The molecule has 3 aromatic rings. The lowest BCUT2D eigenvalue weighted by molar-refractivity contribution is 0.0932. The number of amides is 2. The van der Waals surface area contributed by atoms with Gasteiger partial charge in [-0.2, -0.15) is 0 Å². The number of methoxy groups -OCH3 is 1. The third kappa shape index (κ3) is 6.48. The van der Waals surface area contributed by atoms with Gasteiger partial charge in [0.2, 0.25) is 5.91 Å². The van der Waals surface area contributed by atoms with Crippen LogP contribution in [0.2, 0.25) is 0 Å². The molecule has 0 aromatic heterocycles. The van der Waals surface area contributed by atoms with Crippen molar-refractivity contribution in [2.24, 2.45) is 5.73 Å². The van der Waals surface area contributed by atoms with Gasteiger partial charge in [0.05, 0.1) is 18.2 Å². The molecule has 1 fully saturated rings. The van der Waals surface area contributed by atoms with Gasteiger partial charge < -0.3 is 15.8 Å². The normalized spacial score (nSPS) is 14.3. The molecule has 3 N–H and O–H groups in total. The molecule has 178 valence electrons. The average Bonchev–Trinajstić information content (AvgIpc) is 2.89. The van der Waals surface area contributed by atoms with Crippen molar-refractivity contribution in [3.63, 3.8) is 0 Å². The van der Waals surface area contributed by atoms with Crippen molar-refractivity contribution in [1.29, 1.82) is 0 Å². The van der Waals surface area contributed by atoms with Crippen LogP contribution >= 0.6 is 15.9 Å². The number of rotatable bonds is 6. The number of primary amides is 1. The zero-order valence-electron chi connectivity index (χ0n) is 19.4. The molecule has 3 aromatic carbocycles. The zero-order valence-corrected chi connectivity index (χ0v) is 21.0. The third-order valence-corrected chi connectivity index (χ3v) is 6.97. The highest BCUT2D eigenvalue weighted by Gasteiger charge is 2.34. The highest BCUT2D eigenvalue weighted by molar-refractivity contribution is 9.10. The summed E-state index contributed by atoms with van der Waals surface area (Å²) in [5, 5.41) is 3.16. The van der Waals surface area contributed by atoms with Crippen LogP contribution in [-0.2, 0) is 5.41 Å². The Balaban J connectivity index is 0.000000271. The molecule has 0 unspecified atom stereocenters. The average molecular weight is 523 g/mol. The van der Waals surface area contributed by atoms with Crippen LogP contribution in [0.3, 0.4) is 0 Å². The Hall–Kier alpha value is -3.12. The van der Waals surface area contributed by atoms with Crippen LogP contribution in [0, 0.1) is 0 Å². The predicted molar refractivity (Wildman–Crippen MR) is 139 cm³/mol. The molecule has 1 saturated carbocycles. The van der Waals surface area contributed by atoms with Crippen molar-refractivity contribution in [3.8, 4) is 5.75 Å². The molecule has 4 rings (SSSR count). The van der Waals surface area contributed by atoms with Crippen LogP contribution in [-0.4, -0.2) is 25.5 Å². The van der Waals surface area contributed by atoms with Gasteiger partial charge in [0, 0.05) is 16.4 Å². The number of nitrogens with two attached hydrogens (primary N) is 1. The van der Waals surface area contributed by atoms with Crippen molar-refractivity contribution in [2.45, 2.75) is 37.5 Å². The molecule has 1 aliphatic rings. The lowest BCUT2D eigenvalue weighted by Crippen LogP contribution is -2.42. The number of carbonyl (C=O) groups is 2. The van der Waals surface area contributed by atoms with Gasteiger partial charge in [-0.3, -0.25) is 9.59 Å². The molecule has 0 bridgehead atoms. The van der Waals surface area contributed by atoms with Crippen molar-refractivity contribution >= 4 is 27.7 Å². The summed E-state index contributed by atoms with van der Waals surface area (Å²) in [4.78, 5) is 23.3. The second-order valence-corrected chi connectivity index (χ2v) is 9.29. The Morgan fingerprint density at radius 3 is 2.06 bits per heavy atom. The number of nitrogens with one attached hydrogen (secondary N) is 1. The Morgan fingerprint density at radius 1 is 0.882 bits per heavy atom. The molecule has 1 aliphatic carbocycles. The molecule has 0 radical (unpaired) electrons. The molecule has 0 aliphatic heterocycles. The minimum Gasteiger partial charge on any atom is -0.496 e. The summed E-state index contributed by atoms with van der Waals surface area (Å²) in [5.41, 5.74) is 7.55. The third-order valence-electron chi connectivity index (χ3n) is 6.28. The van der Waals surface area contributed by atoms with E-state index in [4.69, 9.17) is 10.5 Å². The summed E-state index contributed by atoms with van der Waals surface area (Å²) in [6.07, 6.45) is 5.99. The maximum atomic E-state index is 12.6. The highest BCUT2D eigenvalue weighted by Crippen LogP contribution is 2.39. The van der Waals surface area contributed by atoms with Gasteiger partial charge in [0.1, 0.15) is 5.75 Å². The van der Waals surface area contributed by atoms with Crippen molar-refractivity contribution < 1.29 is 14.3 Å².